The number of nitrogens with two attached hydrogens (primary N) is 4. The normalized spacial score (nSPS) is 15.8. The van der Waals surface area contributed by atoms with Crippen LogP contribution in [0.4, 0.5) is 53.5 Å². The number of carbonyl (C=O) groups is 6. The molecule has 6 heterocycles. The minimum Gasteiger partial charge on any atom is -0.478 e. The number of aromatic nitrogens is 8. The number of rotatable bonds is 13. The standard InChI is InChI=1S/C26H33FN8O2.C15H22N8O.C12H15FO2.C12H17NO2.C11H13FO2/c1-15-20(32-25(37)18-9-8-16(11-19(18)27)26(2,3)4)7-6-10-35(15)21-13-29-22(23(28)36)24(33-21)31-17-12-30-34(5)14-17;1-9-11(16)4-3-5-23(9)12-7-18-13(14(17)24)15(21-12)20-10-6-19-22(2)8-10;2*1-12(2,3)8-5-6-9(10(13)7-8)11(14)15-4;1-11(2,3)7-4-5-8(10(13)14)9(12)6-7/h8-9,11-15,20H,6-7,10H2,1-5H3,(H2,28,36)(H,31,33)(H,32,37);6-9,11H,3-5,16H2,1-2H3,(H2,17,24)(H,20,21);5-7H,1-4H3;5-7H,13H2,1-4H3;4-6H,1-3H3,(H,13,14)/t15-,20-;9-,11-;;;/m11.../s1. The van der Waals surface area contributed by atoms with Crippen LogP contribution in [0.25, 0.3) is 0 Å². The molecule has 0 bridgehead atoms. The van der Waals surface area contributed by atoms with Gasteiger partial charge in [0.2, 0.25) is 0 Å². The number of primary amides is 2. The maximum atomic E-state index is 14.8. The van der Waals surface area contributed by atoms with Crippen molar-refractivity contribution in [3.8, 4) is 0 Å². The van der Waals surface area contributed by atoms with Crippen molar-refractivity contribution < 1.29 is 56.5 Å². The van der Waals surface area contributed by atoms with Gasteiger partial charge in [0.1, 0.15) is 29.1 Å². The lowest BCUT2D eigenvalue weighted by Crippen LogP contribution is -2.54. The second-order valence-electron chi connectivity index (χ2n) is 29.7. The van der Waals surface area contributed by atoms with E-state index < -0.39 is 53.1 Å². The first-order valence-corrected chi connectivity index (χ1v) is 34.1. The Morgan fingerprint density at radius 3 is 1.27 bits per heavy atom. The van der Waals surface area contributed by atoms with Crippen LogP contribution >= 0.6 is 0 Å². The molecule has 0 saturated carbocycles. The molecule has 4 aromatic carbocycles. The summed E-state index contributed by atoms with van der Waals surface area (Å²) in [6.07, 6.45) is 13.3. The molecule has 2 aliphatic rings. The lowest BCUT2D eigenvalue weighted by atomic mass is 9.86. The van der Waals surface area contributed by atoms with E-state index in [2.05, 4.69) is 88.2 Å². The van der Waals surface area contributed by atoms with Crippen molar-refractivity contribution in [2.24, 2.45) is 31.3 Å². The van der Waals surface area contributed by atoms with Gasteiger partial charge in [0.15, 0.2) is 23.0 Å². The highest BCUT2D eigenvalue weighted by Crippen LogP contribution is 2.32. The highest BCUT2D eigenvalue weighted by Gasteiger charge is 2.33. The van der Waals surface area contributed by atoms with Crippen LogP contribution < -0.4 is 48.7 Å². The third-order valence-electron chi connectivity index (χ3n) is 17.6. The molecule has 2 aliphatic heterocycles. The Balaban J connectivity index is 0.000000219. The number of amides is 3. The van der Waals surface area contributed by atoms with E-state index in [1.54, 1.807) is 84.8 Å². The molecule has 0 radical (unpaired) electrons. The maximum absolute atomic E-state index is 14.8. The molecule has 8 aromatic rings. The van der Waals surface area contributed by atoms with E-state index in [4.69, 9.17) is 28.0 Å². The Hall–Kier alpha value is -11.0. The van der Waals surface area contributed by atoms with Crippen LogP contribution in [0.3, 0.4) is 0 Å². The molecule has 26 nitrogen and oxygen atoms in total. The van der Waals surface area contributed by atoms with Crippen LogP contribution in [0.5, 0.6) is 0 Å². The smallest absolute Gasteiger partial charge is 0.340 e. The SMILES string of the molecule is CC(C)(C)c1ccc(C(=O)O)c(F)c1.COC(=O)c1ccc(C(C)(C)C)cc1F.COC(=O)c1ccc(C(C)(C)C)cc1N.C[C@@H]1[C@H](N)CCCN1c1cnc(C(N)=O)c(Nc2cnn(C)c2)n1.C[C@@H]1[C@H](NC(=O)c2ccc(C(C)(C)C)cc2F)CCCN1c1cnc(C(N)=O)c(Nc2cnn(C)c2)n1. The van der Waals surface area contributed by atoms with E-state index in [1.807, 2.05) is 86.3 Å². The van der Waals surface area contributed by atoms with Crippen LogP contribution in [0.1, 0.15) is 207 Å². The van der Waals surface area contributed by atoms with Crippen molar-refractivity contribution in [1.82, 2.24) is 44.8 Å². The minimum atomic E-state index is -1.23. The van der Waals surface area contributed by atoms with Gasteiger partial charge < -0.3 is 63.3 Å². The fourth-order valence-corrected chi connectivity index (χ4v) is 11.1. The van der Waals surface area contributed by atoms with E-state index in [9.17, 15) is 41.9 Å². The van der Waals surface area contributed by atoms with Crippen molar-refractivity contribution in [1.29, 1.82) is 0 Å². The number of carboxylic acid groups (broad SMARTS) is 1. The Bertz CT molecular complexity index is 4330. The quantitative estimate of drug-likeness (QED) is 0.0392. The zero-order valence-electron chi connectivity index (χ0n) is 63.1. The average Bonchev–Trinajstić information content (AvgIpc) is 1.59. The monoisotopic (exact) mass is 1450 g/mol. The van der Waals surface area contributed by atoms with Gasteiger partial charge in [0.25, 0.3) is 17.7 Å². The predicted molar refractivity (Wildman–Crippen MR) is 400 cm³/mol. The number of benzene rings is 4. The first-order chi connectivity index (χ1) is 48.9. The lowest BCUT2D eigenvalue weighted by molar-refractivity contribution is 0.0589. The number of aryl methyl sites for hydroxylation is 2. The van der Waals surface area contributed by atoms with E-state index in [0.717, 1.165) is 54.5 Å². The van der Waals surface area contributed by atoms with Crippen molar-refractivity contribution in [2.45, 2.75) is 168 Å². The van der Waals surface area contributed by atoms with Gasteiger partial charge in [-0.2, -0.15) is 10.2 Å². The number of esters is 2. The molecule has 10 rings (SSSR count). The van der Waals surface area contributed by atoms with E-state index in [-0.39, 0.29) is 79.7 Å². The fraction of sp³-hybridized carbons (Fsp3) is 0.421. The van der Waals surface area contributed by atoms with Crippen LogP contribution in [0, 0.1) is 17.5 Å². The number of hydrogen-bond acceptors (Lipinski definition) is 20. The summed E-state index contributed by atoms with van der Waals surface area (Å²) >= 11 is 0. The van der Waals surface area contributed by atoms with Gasteiger partial charge in [-0.15, -0.1) is 0 Å². The number of aromatic carboxylic acids is 1. The van der Waals surface area contributed by atoms with E-state index in [1.165, 1.54) is 50.7 Å². The molecular weight excluding hydrogens is 1350 g/mol. The van der Waals surface area contributed by atoms with E-state index in [0.29, 0.717) is 46.6 Å². The topological polar surface area (TPSA) is 375 Å². The second kappa shape index (κ2) is 35.0. The van der Waals surface area contributed by atoms with Gasteiger partial charge in [-0.25, -0.2) is 47.5 Å². The summed E-state index contributed by atoms with van der Waals surface area (Å²) in [7, 11) is 6.16. The van der Waals surface area contributed by atoms with Crippen LogP contribution in [-0.2, 0) is 45.2 Å². The molecule has 0 spiro atoms. The third-order valence-corrected chi connectivity index (χ3v) is 17.6. The number of halogens is 3. The summed E-state index contributed by atoms with van der Waals surface area (Å²) in [5.74, 6) is -4.07. The number of nitrogens with zero attached hydrogens (tertiary/aromatic N) is 10. The molecule has 0 unspecified atom stereocenters. The number of nitrogen functional groups attached to an aromatic ring is 1. The summed E-state index contributed by atoms with van der Waals surface area (Å²) < 4.78 is 53.9. The molecule has 4 atom stereocenters. The van der Waals surface area contributed by atoms with Gasteiger partial charge in [0, 0.05) is 69.4 Å². The largest absolute Gasteiger partial charge is 0.478 e. The lowest BCUT2D eigenvalue weighted by Gasteiger charge is -2.40. The van der Waals surface area contributed by atoms with E-state index >= 15 is 0 Å². The van der Waals surface area contributed by atoms with Crippen molar-refractivity contribution >= 4 is 76.0 Å². The zero-order valence-corrected chi connectivity index (χ0v) is 63.1. The predicted octanol–water partition coefficient (Wildman–Crippen LogP) is 11.7. The highest BCUT2D eigenvalue weighted by atomic mass is 19.1. The summed E-state index contributed by atoms with van der Waals surface area (Å²) in [6, 6.07) is 18.9. The van der Waals surface area contributed by atoms with Gasteiger partial charge in [-0.3, -0.25) is 23.7 Å². The Labute approximate surface area is 611 Å². The van der Waals surface area contributed by atoms with Crippen LogP contribution in [0.15, 0.2) is 110 Å². The molecule has 0 aliphatic carbocycles. The van der Waals surface area contributed by atoms with Gasteiger partial charge >= 0.3 is 17.9 Å². The number of methoxy groups -OCH3 is 2. The molecule has 3 amide bonds. The first-order valence-electron chi connectivity index (χ1n) is 34.1. The number of piperidine rings is 2. The van der Waals surface area contributed by atoms with Crippen molar-refractivity contribution in [3.05, 3.63) is 183 Å². The number of carboxylic acids is 1. The van der Waals surface area contributed by atoms with Gasteiger partial charge in [-0.1, -0.05) is 107 Å². The molecule has 4 aromatic heterocycles. The number of anilines is 7. The number of hydrogen-bond donors (Lipinski definition) is 8. The van der Waals surface area contributed by atoms with Gasteiger partial charge in [-0.05, 0) is 132 Å². The summed E-state index contributed by atoms with van der Waals surface area (Å²) in [5, 5.41) is 25.9. The summed E-state index contributed by atoms with van der Waals surface area (Å²) in [4.78, 5) is 91.3. The minimum absolute atomic E-state index is 0.0105. The molecule has 29 heteroatoms. The third kappa shape index (κ3) is 22.5. The fourth-order valence-electron chi connectivity index (χ4n) is 11.1. The number of nitrogens with one attached hydrogen (secondary N) is 3. The molecular formula is C76H100F3N17O9. The van der Waals surface area contributed by atoms with Crippen LogP contribution in [-0.4, -0.2) is 132 Å². The van der Waals surface area contributed by atoms with Crippen LogP contribution in [0.2, 0.25) is 0 Å². The Morgan fingerprint density at radius 2 is 0.905 bits per heavy atom. The first kappa shape index (κ1) is 83.0. The average molecular weight is 1450 g/mol. The second-order valence-corrected chi connectivity index (χ2v) is 29.7. The Morgan fingerprint density at radius 1 is 0.533 bits per heavy atom. The molecule has 2 fully saturated rings. The summed E-state index contributed by atoms with van der Waals surface area (Å²) in [5.41, 5.74) is 28.0. The molecule has 2 saturated heterocycles. The maximum Gasteiger partial charge on any atom is 0.340 e. The van der Waals surface area contributed by atoms with Crippen molar-refractivity contribution in [3.63, 3.8) is 0 Å². The molecule has 105 heavy (non-hydrogen) atoms. The molecule has 12 N–H and O–H groups in total. The van der Waals surface area contributed by atoms with Gasteiger partial charge in [0.05, 0.1) is 72.6 Å². The number of ether oxygens (including phenoxy) is 2. The number of carbonyl (C=O) groups excluding carboxylic acids is 5. The summed E-state index contributed by atoms with van der Waals surface area (Å²) in [6.45, 7) is 29.7. The highest BCUT2D eigenvalue weighted by molar-refractivity contribution is 5.98. The van der Waals surface area contributed by atoms with Crippen molar-refractivity contribution in [2.75, 3.05) is 53.5 Å². The Kier molecular flexibility index (Phi) is 27.7. The molecule has 564 valence electrons. The zero-order chi connectivity index (χ0) is 78.4.